The molecule has 1 fully saturated rings. The number of H-pyrrole nitrogens is 2. The largest absolute Gasteiger partial charge is 0.497 e. The van der Waals surface area contributed by atoms with Gasteiger partial charge < -0.3 is 14.4 Å². The van der Waals surface area contributed by atoms with Gasteiger partial charge in [-0.25, -0.2) is 0 Å². The van der Waals surface area contributed by atoms with E-state index in [-0.39, 0.29) is 5.56 Å². The number of piperazine rings is 1. The van der Waals surface area contributed by atoms with Crippen LogP contribution in [0.5, 0.6) is 11.5 Å². The van der Waals surface area contributed by atoms with Crippen molar-refractivity contribution in [1.29, 1.82) is 0 Å². The summed E-state index contributed by atoms with van der Waals surface area (Å²) in [5.41, 5.74) is 1.43. The number of hydrogen-bond acceptors (Lipinski definition) is 7. The molecule has 0 atom stereocenters. The van der Waals surface area contributed by atoms with Gasteiger partial charge in [0.2, 0.25) is 5.95 Å². The third-order valence-corrected chi connectivity index (χ3v) is 4.86. The molecule has 3 aromatic rings. The maximum Gasteiger partial charge on any atom is 0.263 e. The third kappa shape index (κ3) is 3.45. The van der Waals surface area contributed by atoms with Gasteiger partial charge in [0.15, 0.2) is 5.65 Å². The lowest BCUT2D eigenvalue weighted by atomic mass is 10.1. The average molecular weight is 370 g/mol. The summed E-state index contributed by atoms with van der Waals surface area (Å²) in [5.74, 6) is 2.25. The predicted octanol–water partition coefficient (Wildman–Crippen LogP) is 0.986. The number of nitrogens with one attached hydrogen (secondary N) is 2. The van der Waals surface area contributed by atoms with Crippen LogP contribution in [0, 0.1) is 0 Å². The molecule has 1 aromatic carbocycles. The van der Waals surface area contributed by atoms with Crippen molar-refractivity contribution in [2.75, 3.05) is 45.3 Å². The Bertz CT molecular complexity index is 990. The van der Waals surface area contributed by atoms with E-state index in [4.69, 9.17) is 9.47 Å². The van der Waals surface area contributed by atoms with E-state index in [1.54, 1.807) is 14.2 Å². The van der Waals surface area contributed by atoms with Gasteiger partial charge in [-0.15, -0.1) is 0 Å². The minimum Gasteiger partial charge on any atom is -0.497 e. The van der Waals surface area contributed by atoms with Crippen molar-refractivity contribution in [2.24, 2.45) is 0 Å². The highest BCUT2D eigenvalue weighted by atomic mass is 16.5. The fourth-order valence-corrected chi connectivity index (χ4v) is 3.35. The summed E-state index contributed by atoms with van der Waals surface area (Å²) in [6, 6.07) is 5.84. The Morgan fingerprint density at radius 1 is 1.15 bits per heavy atom. The first kappa shape index (κ1) is 17.3. The maximum atomic E-state index is 12.1. The molecule has 0 bridgehead atoms. The number of ether oxygens (including phenoxy) is 2. The third-order valence-electron chi connectivity index (χ3n) is 4.86. The van der Waals surface area contributed by atoms with Crippen LogP contribution in [0.2, 0.25) is 0 Å². The second kappa shape index (κ2) is 7.28. The molecule has 0 unspecified atom stereocenters. The molecule has 1 aliphatic heterocycles. The fourth-order valence-electron chi connectivity index (χ4n) is 3.35. The Labute approximate surface area is 155 Å². The first-order valence-electron chi connectivity index (χ1n) is 8.79. The van der Waals surface area contributed by atoms with E-state index in [2.05, 4.69) is 30.0 Å². The number of methoxy groups -OCH3 is 2. The molecule has 2 N–H and O–H groups in total. The van der Waals surface area contributed by atoms with Gasteiger partial charge in [0.1, 0.15) is 16.9 Å². The number of benzene rings is 1. The number of fused-ring (bicyclic) bond motifs is 1. The van der Waals surface area contributed by atoms with E-state index >= 15 is 0 Å². The van der Waals surface area contributed by atoms with Crippen LogP contribution < -0.4 is 19.9 Å². The number of aromatic amines is 2. The lowest BCUT2D eigenvalue weighted by molar-refractivity contribution is 0.244. The number of aromatic nitrogens is 4. The molecule has 2 aromatic heterocycles. The van der Waals surface area contributed by atoms with Crippen LogP contribution in [0.3, 0.4) is 0 Å². The zero-order valence-corrected chi connectivity index (χ0v) is 15.4. The van der Waals surface area contributed by atoms with Crippen molar-refractivity contribution < 1.29 is 9.47 Å². The smallest absolute Gasteiger partial charge is 0.263 e. The van der Waals surface area contributed by atoms with Gasteiger partial charge in [-0.1, -0.05) is 0 Å². The zero-order chi connectivity index (χ0) is 18.8. The first-order chi connectivity index (χ1) is 13.2. The molecule has 0 aliphatic carbocycles. The quantitative estimate of drug-likeness (QED) is 0.691. The number of anilines is 1. The molecule has 0 radical (unpaired) electrons. The molecule has 3 heterocycles. The van der Waals surface area contributed by atoms with Crippen molar-refractivity contribution in [1.82, 2.24) is 25.1 Å². The lowest BCUT2D eigenvalue weighted by Gasteiger charge is -2.35. The van der Waals surface area contributed by atoms with Crippen LogP contribution in [0.15, 0.2) is 29.2 Å². The van der Waals surface area contributed by atoms with Crippen LogP contribution in [0.4, 0.5) is 5.95 Å². The Kier molecular flexibility index (Phi) is 4.68. The van der Waals surface area contributed by atoms with E-state index in [0.29, 0.717) is 17.0 Å². The van der Waals surface area contributed by atoms with E-state index in [1.165, 1.54) is 6.20 Å². The molecule has 142 valence electrons. The van der Waals surface area contributed by atoms with Gasteiger partial charge in [0.25, 0.3) is 5.56 Å². The molecule has 4 rings (SSSR count). The Balaban J connectivity index is 1.45. The molecule has 9 nitrogen and oxygen atoms in total. The number of nitrogens with zero attached hydrogens (tertiary/aromatic N) is 4. The molecule has 0 saturated carbocycles. The Hall–Kier alpha value is -3.07. The van der Waals surface area contributed by atoms with Crippen LogP contribution in [0.1, 0.15) is 5.56 Å². The lowest BCUT2D eigenvalue weighted by Crippen LogP contribution is -2.47. The highest BCUT2D eigenvalue weighted by Crippen LogP contribution is 2.26. The monoisotopic (exact) mass is 370 g/mol. The average Bonchev–Trinajstić information content (AvgIpc) is 3.18. The normalized spacial score (nSPS) is 15.3. The molecule has 9 heteroatoms. The van der Waals surface area contributed by atoms with E-state index in [9.17, 15) is 4.79 Å². The summed E-state index contributed by atoms with van der Waals surface area (Å²) in [6.07, 6.45) is 1.49. The van der Waals surface area contributed by atoms with E-state index in [1.807, 2.05) is 18.2 Å². The molecule has 0 spiro atoms. The first-order valence-corrected chi connectivity index (χ1v) is 8.79. The summed E-state index contributed by atoms with van der Waals surface area (Å²) in [4.78, 5) is 23.9. The molecular weight excluding hydrogens is 348 g/mol. The van der Waals surface area contributed by atoms with Crippen LogP contribution in [-0.4, -0.2) is 65.5 Å². The van der Waals surface area contributed by atoms with Crippen molar-refractivity contribution in [3.8, 4) is 11.5 Å². The summed E-state index contributed by atoms with van der Waals surface area (Å²) in [7, 11) is 3.34. The Morgan fingerprint density at radius 2 is 1.96 bits per heavy atom. The molecule has 27 heavy (non-hydrogen) atoms. The maximum absolute atomic E-state index is 12.1. The molecule has 0 amide bonds. The number of rotatable bonds is 5. The van der Waals surface area contributed by atoms with Crippen molar-refractivity contribution in [3.63, 3.8) is 0 Å². The van der Waals surface area contributed by atoms with E-state index < -0.39 is 0 Å². The zero-order valence-electron chi connectivity index (χ0n) is 15.4. The summed E-state index contributed by atoms with van der Waals surface area (Å²) in [5, 5.41) is 7.12. The molecular formula is C18H22N6O3. The second-order valence-electron chi connectivity index (χ2n) is 6.46. The highest BCUT2D eigenvalue weighted by molar-refractivity contribution is 5.73. The predicted molar refractivity (Wildman–Crippen MR) is 102 cm³/mol. The minimum absolute atomic E-state index is 0.174. The number of hydrogen-bond donors (Lipinski definition) is 2. The van der Waals surface area contributed by atoms with Crippen LogP contribution in [-0.2, 0) is 6.54 Å². The second-order valence-corrected chi connectivity index (χ2v) is 6.46. The van der Waals surface area contributed by atoms with E-state index in [0.717, 1.165) is 49.8 Å². The Morgan fingerprint density at radius 3 is 2.70 bits per heavy atom. The van der Waals surface area contributed by atoms with Crippen LogP contribution in [0.25, 0.3) is 11.0 Å². The SMILES string of the molecule is COc1ccc(OC)c(CN2CCN(c3nc4[nH]ncc4c(=O)[nH]3)CC2)c1. The summed E-state index contributed by atoms with van der Waals surface area (Å²) >= 11 is 0. The molecule has 1 aliphatic rings. The standard InChI is InChI=1S/C18H22N6O3/c1-26-13-3-4-15(27-2)12(9-13)11-23-5-7-24(8-6-23)18-20-16-14(10-19-22-16)17(25)21-18/h3-4,9-10H,5-8,11H2,1-2H3,(H2,19,20,21,22,25). The van der Waals surface area contributed by atoms with Crippen LogP contribution >= 0.6 is 0 Å². The van der Waals surface area contributed by atoms with Gasteiger partial charge in [-0.3, -0.25) is 19.8 Å². The van der Waals surface area contributed by atoms with Gasteiger partial charge in [0, 0.05) is 38.3 Å². The van der Waals surface area contributed by atoms with Gasteiger partial charge in [0.05, 0.1) is 20.4 Å². The van der Waals surface area contributed by atoms with Gasteiger partial charge >= 0.3 is 0 Å². The van der Waals surface area contributed by atoms with Gasteiger partial charge in [-0.05, 0) is 18.2 Å². The topological polar surface area (TPSA) is 99.4 Å². The highest BCUT2D eigenvalue weighted by Gasteiger charge is 2.21. The summed E-state index contributed by atoms with van der Waals surface area (Å²) in [6.45, 7) is 4.03. The van der Waals surface area contributed by atoms with Crippen molar-refractivity contribution >= 4 is 17.0 Å². The van der Waals surface area contributed by atoms with Crippen molar-refractivity contribution in [3.05, 3.63) is 40.3 Å². The fraction of sp³-hybridized carbons (Fsp3) is 0.389. The minimum atomic E-state index is -0.174. The van der Waals surface area contributed by atoms with Gasteiger partial charge in [-0.2, -0.15) is 10.1 Å². The van der Waals surface area contributed by atoms with Crippen molar-refractivity contribution in [2.45, 2.75) is 6.54 Å². The summed E-state index contributed by atoms with van der Waals surface area (Å²) < 4.78 is 10.8. The molecule has 1 saturated heterocycles.